The van der Waals surface area contributed by atoms with E-state index in [0.29, 0.717) is 0 Å². The first kappa shape index (κ1) is 13.2. The normalized spacial score (nSPS) is 10.0. The van der Waals surface area contributed by atoms with Gasteiger partial charge < -0.3 is 9.84 Å². The van der Waals surface area contributed by atoms with Gasteiger partial charge in [-0.3, -0.25) is 9.59 Å². The lowest BCUT2D eigenvalue weighted by molar-refractivity contribution is -0.148. The maximum Gasteiger partial charge on any atom is 0.306 e. The third-order valence-electron chi connectivity index (χ3n) is 2.44. The van der Waals surface area contributed by atoms with Crippen LogP contribution in [0.15, 0.2) is 18.2 Å². The first-order chi connectivity index (χ1) is 7.99. The minimum absolute atomic E-state index is 0.0831. The Morgan fingerprint density at radius 3 is 2.59 bits per heavy atom. The van der Waals surface area contributed by atoms with Crippen LogP contribution in [0.4, 0.5) is 0 Å². The number of carbonyl (C=O) groups is 2. The number of carboxylic acid groups (broad SMARTS) is 1. The molecule has 0 atom stereocenters. The Balaban J connectivity index is 2.47. The van der Waals surface area contributed by atoms with Crippen molar-refractivity contribution in [3.05, 3.63) is 34.9 Å². The van der Waals surface area contributed by atoms with Crippen LogP contribution < -0.4 is 0 Å². The summed E-state index contributed by atoms with van der Waals surface area (Å²) in [7, 11) is 0. The quantitative estimate of drug-likeness (QED) is 0.796. The first-order valence-corrected chi connectivity index (χ1v) is 5.42. The van der Waals surface area contributed by atoms with Crippen molar-refractivity contribution in [1.82, 2.24) is 0 Å². The number of carboxylic acids is 1. The molecule has 0 aromatic heterocycles. The predicted molar refractivity (Wildman–Crippen MR) is 62.6 cm³/mol. The molecule has 0 aliphatic heterocycles. The maximum absolute atomic E-state index is 11.2. The van der Waals surface area contributed by atoms with E-state index in [9.17, 15) is 9.59 Å². The van der Waals surface area contributed by atoms with Crippen LogP contribution in [0.2, 0.25) is 0 Å². The fourth-order valence-electron chi connectivity index (χ4n) is 1.40. The Labute approximate surface area is 100 Å². The van der Waals surface area contributed by atoms with Gasteiger partial charge in [0.2, 0.25) is 0 Å². The summed E-state index contributed by atoms with van der Waals surface area (Å²) in [4.78, 5) is 21.5. The SMILES string of the molecule is Cc1ccc(C)c(COC(=O)CCC(=O)O)c1. The van der Waals surface area contributed by atoms with Crippen LogP contribution in [0.1, 0.15) is 29.5 Å². The largest absolute Gasteiger partial charge is 0.481 e. The van der Waals surface area contributed by atoms with Gasteiger partial charge in [-0.1, -0.05) is 23.8 Å². The molecule has 1 N–H and O–H groups in total. The Hall–Kier alpha value is -1.84. The van der Waals surface area contributed by atoms with Crippen LogP contribution in [0.3, 0.4) is 0 Å². The number of aliphatic carboxylic acids is 1. The summed E-state index contributed by atoms with van der Waals surface area (Å²) in [5.41, 5.74) is 3.11. The fourth-order valence-corrected chi connectivity index (χ4v) is 1.40. The summed E-state index contributed by atoms with van der Waals surface area (Å²) in [6, 6.07) is 5.92. The monoisotopic (exact) mass is 236 g/mol. The number of benzene rings is 1. The minimum Gasteiger partial charge on any atom is -0.481 e. The number of hydrogen-bond donors (Lipinski definition) is 1. The molecule has 0 unspecified atom stereocenters. The molecule has 1 aromatic carbocycles. The van der Waals surface area contributed by atoms with Crippen molar-refractivity contribution >= 4 is 11.9 Å². The number of rotatable bonds is 5. The van der Waals surface area contributed by atoms with Crippen LogP contribution >= 0.6 is 0 Å². The lowest BCUT2D eigenvalue weighted by atomic mass is 10.1. The molecule has 4 nitrogen and oxygen atoms in total. The molecule has 0 aliphatic rings. The molecule has 0 spiro atoms. The summed E-state index contributed by atoms with van der Waals surface area (Å²) in [5, 5.41) is 8.42. The van der Waals surface area contributed by atoms with Gasteiger partial charge in [0.15, 0.2) is 0 Å². The smallest absolute Gasteiger partial charge is 0.306 e. The number of ether oxygens (including phenoxy) is 1. The van der Waals surface area contributed by atoms with Crippen molar-refractivity contribution in [1.29, 1.82) is 0 Å². The molecule has 0 bridgehead atoms. The molecule has 1 rings (SSSR count). The van der Waals surface area contributed by atoms with E-state index in [-0.39, 0.29) is 19.4 Å². The van der Waals surface area contributed by atoms with Gasteiger partial charge in [0.25, 0.3) is 0 Å². The second-order valence-corrected chi connectivity index (χ2v) is 3.98. The number of hydrogen-bond acceptors (Lipinski definition) is 3. The van der Waals surface area contributed by atoms with Gasteiger partial charge in [0, 0.05) is 0 Å². The van der Waals surface area contributed by atoms with Gasteiger partial charge in [0.1, 0.15) is 6.61 Å². The van der Waals surface area contributed by atoms with Gasteiger partial charge in [0.05, 0.1) is 12.8 Å². The van der Waals surface area contributed by atoms with Crippen LogP contribution in [0.5, 0.6) is 0 Å². The molecule has 0 amide bonds. The third-order valence-corrected chi connectivity index (χ3v) is 2.44. The highest BCUT2D eigenvalue weighted by Gasteiger charge is 2.07. The average Bonchev–Trinajstić information content (AvgIpc) is 2.27. The molecular formula is C13H16O4. The molecule has 4 heteroatoms. The highest BCUT2D eigenvalue weighted by Crippen LogP contribution is 2.12. The standard InChI is InChI=1S/C13H16O4/c1-9-3-4-10(2)11(7-9)8-17-13(16)6-5-12(14)15/h3-4,7H,5-6,8H2,1-2H3,(H,14,15). The zero-order chi connectivity index (χ0) is 12.8. The topological polar surface area (TPSA) is 63.6 Å². The van der Waals surface area contributed by atoms with Crippen molar-refractivity contribution < 1.29 is 19.4 Å². The summed E-state index contributed by atoms with van der Waals surface area (Å²) in [5.74, 6) is -1.47. The molecule has 92 valence electrons. The van der Waals surface area contributed by atoms with Crippen LogP contribution in [0, 0.1) is 13.8 Å². The molecule has 0 saturated heterocycles. The lowest BCUT2D eigenvalue weighted by Gasteiger charge is -2.08. The zero-order valence-corrected chi connectivity index (χ0v) is 10.0. The van der Waals surface area contributed by atoms with E-state index >= 15 is 0 Å². The van der Waals surface area contributed by atoms with Crippen molar-refractivity contribution in [2.24, 2.45) is 0 Å². The maximum atomic E-state index is 11.2. The fraction of sp³-hybridized carbons (Fsp3) is 0.385. The van der Waals surface area contributed by atoms with E-state index in [2.05, 4.69) is 0 Å². The van der Waals surface area contributed by atoms with Crippen LogP contribution in [0.25, 0.3) is 0 Å². The Morgan fingerprint density at radius 1 is 1.24 bits per heavy atom. The number of aryl methyl sites for hydroxylation is 2. The van der Waals surface area contributed by atoms with E-state index in [1.165, 1.54) is 0 Å². The van der Waals surface area contributed by atoms with E-state index in [1.807, 2.05) is 32.0 Å². The average molecular weight is 236 g/mol. The third kappa shape index (κ3) is 4.68. The molecule has 17 heavy (non-hydrogen) atoms. The van der Waals surface area contributed by atoms with Gasteiger partial charge in [-0.2, -0.15) is 0 Å². The summed E-state index contributed by atoms with van der Waals surface area (Å²) in [6.45, 7) is 4.11. The molecular weight excluding hydrogens is 220 g/mol. The number of carbonyl (C=O) groups excluding carboxylic acids is 1. The summed E-state index contributed by atoms with van der Waals surface area (Å²) >= 11 is 0. The van der Waals surface area contributed by atoms with E-state index < -0.39 is 11.9 Å². The van der Waals surface area contributed by atoms with Crippen molar-refractivity contribution in [3.63, 3.8) is 0 Å². The van der Waals surface area contributed by atoms with E-state index in [1.54, 1.807) is 0 Å². The van der Waals surface area contributed by atoms with Crippen LogP contribution in [-0.2, 0) is 20.9 Å². The Bertz CT molecular complexity index is 423. The van der Waals surface area contributed by atoms with Gasteiger partial charge >= 0.3 is 11.9 Å². The minimum atomic E-state index is -0.992. The van der Waals surface area contributed by atoms with Crippen molar-refractivity contribution in [3.8, 4) is 0 Å². The summed E-state index contributed by atoms with van der Waals surface area (Å²) in [6.07, 6.45) is -0.272. The van der Waals surface area contributed by atoms with Crippen LogP contribution in [-0.4, -0.2) is 17.0 Å². The van der Waals surface area contributed by atoms with Crippen molar-refractivity contribution in [2.45, 2.75) is 33.3 Å². The Kier molecular flexibility index (Phi) is 4.69. The van der Waals surface area contributed by atoms with Crippen molar-refractivity contribution in [2.75, 3.05) is 0 Å². The molecule has 0 aliphatic carbocycles. The lowest BCUT2D eigenvalue weighted by Crippen LogP contribution is -2.08. The Morgan fingerprint density at radius 2 is 1.94 bits per heavy atom. The summed E-state index contributed by atoms with van der Waals surface area (Å²) < 4.78 is 5.01. The van der Waals surface area contributed by atoms with E-state index in [0.717, 1.165) is 16.7 Å². The second-order valence-electron chi connectivity index (χ2n) is 3.98. The van der Waals surface area contributed by atoms with E-state index in [4.69, 9.17) is 9.84 Å². The molecule has 0 heterocycles. The van der Waals surface area contributed by atoms with Gasteiger partial charge in [-0.15, -0.1) is 0 Å². The molecule has 0 saturated carbocycles. The molecule has 1 aromatic rings. The predicted octanol–water partition coefficient (Wildman–Crippen LogP) is 2.21. The number of esters is 1. The second kappa shape index (κ2) is 6.03. The first-order valence-electron chi connectivity index (χ1n) is 5.42. The highest BCUT2D eigenvalue weighted by atomic mass is 16.5. The van der Waals surface area contributed by atoms with Gasteiger partial charge in [-0.05, 0) is 25.0 Å². The molecule has 0 fully saturated rings. The highest BCUT2D eigenvalue weighted by molar-refractivity contribution is 5.76. The zero-order valence-electron chi connectivity index (χ0n) is 10.0. The van der Waals surface area contributed by atoms with Gasteiger partial charge in [-0.25, -0.2) is 0 Å². The molecule has 0 radical (unpaired) electrons.